The van der Waals surface area contributed by atoms with E-state index in [4.69, 9.17) is 5.73 Å². The van der Waals surface area contributed by atoms with Gasteiger partial charge in [-0.2, -0.15) is 0 Å². The van der Waals surface area contributed by atoms with E-state index in [1.165, 1.54) is 12.1 Å². The predicted octanol–water partition coefficient (Wildman–Crippen LogP) is 2.57. The Morgan fingerprint density at radius 2 is 2.10 bits per heavy atom. The molecule has 1 aromatic carbocycles. The van der Waals surface area contributed by atoms with Gasteiger partial charge in [0.15, 0.2) is 5.75 Å². The Morgan fingerprint density at radius 1 is 1.38 bits per heavy atom. The average molecular weight is 367 g/mol. The minimum Gasteiger partial charge on any atom is -0.404 e. The van der Waals surface area contributed by atoms with Crippen molar-refractivity contribution >= 4 is 33.3 Å². The molecule has 11 heteroatoms. The van der Waals surface area contributed by atoms with Crippen LogP contribution in [0.15, 0.2) is 27.3 Å². The fourth-order valence-corrected chi connectivity index (χ4v) is 1.68. The summed E-state index contributed by atoms with van der Waals surface area (Å²) in [5, 5.41) is 8.60. The molecule has 0 aliphatic carbocycles. The summed E-state index contributed by atoms with van der Waals surface area (Å²) in [4.78, 5) is 11.8. The van der Waals surface area contributed by atoms with Gasteiger partial charge in [-0.25, -0.2) is 4.63 Å². The zero-order chi connectivity index (χ0) is 15.6. The minimum absolute atomic E-state index is 0.220. The Balaban J connectivity index is 2.27. The van der Waals surface area contributed by atoms with Crippen LogP contribution in [0.1, 0.15) is 10.5 Å². The molecule has 0 unspecified atom stereocenters. The van der Waals surface area contributed by atoms with Crippen LogP contribution in [0.5, 0.6) is 5.75 Å². The first-order valence-corrected chi connectivity index (χ1v) is 6.00. The lowest BCUT2D eigenvalue weighted by Crippen LogP contribution is -2.20. The van der Waals surface area contributed by atoms with Crippen LogP contribution in [-0.2, 0) is 0 Å². The fraction of sp³-hybridized carbons (Fsp3) is 0.100. The lowest BCUT2D eigenvalue weighted by molar-refractivity contribution is -0.274. The van der Waals surface area contributed by atoms with Gasteiger partial charge in [0.05, 0.1) is 5.69 Å². The highest BCUT2D eigenvalue weighted by molar-refractivity contribution is 9.10. The SMILES string of the molecule is Nc1nonc1C(=O)Nc1ccc(Br)cc1OC(F)(F)F. The van der Waals surface area contributed by atoms with Crippen molar-refractivity contribution in [3.8, 4) is 5.75 Å². The van der Waals surface area contributed by atoms with Crippen molar-refractivity contribution in [1.29, 1.82) is 0 Å². The van der Waals surface area contributed by atoms with Crippen molar-refractivity contribution in [3.05, 3.63) is 28.4 Å². The Morgan fingerprint density at radius 3 is 2.67 bits per heavy atom. The summed E-state index contributed by atoms with van der Waals surface area (Å²) in [7, 11) is 0. The summed E-state index contributed by atoms with van der Waals surface area (Å²) in [5.41, 5.74) is 4.74. The molecule has 0 spiro atoms. The molecule has 1 heterocycles. The molecule has 0 bridgehead atoms. The number of aromatic nitrogens is 2. The predicted molar refractivity (Wildman–Crippen MR) is 67.5 cm³/mol. The second-order valence-corrected chi connectivity index (χ2v) is 4.56. The van der Waals surface area contributed by atoms with Crippen molar-refractivity contribution < 1.29 is 27.3 Å². The molecule has 0 saturated heterocycles. The number of carbonyl (C=O) groups is 1. The van der Waals surface area contributed by atoms with E-state index in [1.807, 2.05) is 0 Å². The maximum atomic E-state index is 12.3. The zero-order valence-electron chi connectivity index (χ0n) is 9.94. The lowest BCUT2D eigenvalue weighted by Gasteiger charge is -2.13. The van der Waals surface area contributed by atoms with Crippen molar-refractivity contribution in [2.75, 3.05) is 11.1 Å². The Bertz CT molecular complexity index is 674. The molecular weight excluding hydrogens is 361 g/mol. The number of hydrogen-bond acceptors (Lipinski definition) is 6. The van der Waals surface area contributed by atoms with Crippen LogP contribution < -0.4 is 15.8 Å². The third-order valence-electron chi connectivity index (χ3n) is 2.15. The maximum absolute atomic E-state index is 12.3. The van der Waals surface area contributed by atoms with Crippen molar-refractivity contribution in [1.82, 2.24) is 10.3 Å². The van der Waals surface area contributed by atoms with Crippen molar-refractivity contribution in [2.24, 2.45) is 0 Å². The number of nitrogen functional groups attached to an aromatic ring is 1. The van der Waals surface area contributed by atoms with Gasteiger partial charge in [0.1, 0.15) is 0 Å². The molecule has 0 fully saturated rings. The molecule has 0 aliphatic heterocycles. The number of anilines is 2. The number of rotatable bonds is 3. The molecule has 2 rings (SSSR count). The number of carbonyl (C=O) groups excluding carboxylic acids is 1. The normalized spacial score (nSPS) is 11.2. The standard InChI is InChI=1S/C10H6BrF3N4O3/c11-4-1-2-5(6(3-4)20-10(12,13)14)16-9(19)7-8(15)18-21-17-7/h1-3H,(H2,15,18)(H,16,19). The van der Waals surface area contributed by atoms with Crippen LogP contribution in [0.4, 0.5) is 24.7 Å². The number of nitrogens with one attached hydrogen (secondary N) is 1. The first-order valence-electron chi connectivity index (χ1n) is 5.21. The topological polar surface area (TPSA) is 103 Å². The number of hydrogen-bond donors (Lipinski definition) is 2. The van der Waals surface area contributed by atoms with Crippen LogP contribution in [0, 0.1) is 0 Å². The molecule has 1 amide bonds. The molecule has 0 atom stereocenters. The van der Waals surface area contributed by atoms with Gasteiger partial charge in [-0.05, 0) is 28.5 Å². The van der Waals surface area contributed by atoms with Crippen LogP contribution in [0.25, 0.3) is 0 Å². The van der Waals surface area contributed by atoms with E-state index in [-0.39, 0.29) is 17.2 Å². The van der Waals surface area contributed by atoms with E-state index in [0.29, 0.717) is 4.47 Å². The summed E-state index contributed by atoms with van der Waals surface area (Å²) in [6.07, 6.45) is -4.91. The molecule has 2 aromatic rings. The first-order chi connectivity index (χ1) is 9.76. The number of benzene rings is 1. The highest BCUT2D eigenvalue weighted by Gasteiger charge is 2.32. The van der Waals surface area contributed by atoms with E-state index < -0.39 is 18.0 Å². The van der Waals surface area contributed by atoms with Gasteiger partial charge in [0.25, 0.3) is 5.91 Å². The molecule has 7 nitrogen and oxygen atoms in total. The first kappa shape index (κ1) is 15.1. The fourth-order valence-electron chi connectivity index (χ4n) is 1.34. The van der Waals surface area contributed by atoms with Gasteiger partial charge in [-0.1, -0.05) is 15.9 Å². The molecular formula is C10H6BrF3N4O3. The highest BCUT2D eigenvalue weighted by atomic mass is 79.9. The number of amides is 1. The number of nitrogens with two attached hydrogens (primary N) is 1. The summed E-state index contributed by atoms with van der Waals surface area (Å²) in [5.74, 6) is -1.77. The third-order valence-corrected chi connectivity index (χ3v) is 2.64. The minimum atomic E-state index is -4.91. The van der Waals surface area contributed by atoms with Crippen LogP contribution in [0.3, 0.4) is 0 Å². The molecule has 112 valence electrons. The molecule has 0 radical (unpaired) electrons. The second-order valence-electron chi connectivity index (χ2n) is 3.64. The summed E-state index contributed by atoms with van der Waals surface area (Å²) in [6, 6.07) is 3.68. The molecule has 1 aromatic heterocycles. The molecule has 3 N–H and O–H groups in total. The molecule has 0 aliphatic rings. The Labute approximate surface area is 123 Å². The second kappa shape index (κ2) is 5.60. The lowest BCUT2D eigenvalue weighted by atomic mass is 10.3. The number of alkyl halides is 3. The van der Waals surface area contributed by atoms with E-state index in [1.54, 1.807) is 0 Å². The number of nitrogens with zero attached hydrogens (tertiary/aromatic N) is 2. The quantitative estimate of drug-likeness (QED) is 0.865. The largest absolute Gasteiger partial charge is 0.573 e. The van der Waals surface area contributed by atoms with Crippen molar-refractivity contribution in [2.45, 2.75) is 6.36 Å². The van der Waals surface area contributed by atoms with Crippen LogP contribution in [-0.4, -0.2) is 22.6 Å². The molecule has 21 heavy (non-hydrogen) atoms. The number of ether oxygens (including phenoxy) is 1. The zero-order valence-corrected chi connectivity index (χ0v) is 11.5. The van der Waals surface area contributed by atoms with Gasteiger partial charge in [-0.15, -0.1) is 13.2 Å². The van der Waals surface area contributed by atoms with Gasteiger partial charge in [-0.3, -0.25) is 4.79 Å². The van der Waals surface area contributed by atoms with Gasteiger partial charge in [0, 0.05) is 4.47 Å². The summed E-state index contributed by atoms with van der Waals surface area (Å²) >= 11 is 3.00. The smallest absolute Gasteiger partial charge is 0.404 e. The van der Waals surface area contributed by atoms with Gasteiger partial charge in [0.2, 0.25) is 11.5 Å². The van der Waals surface area contributed by atoms with Crippen LogP contribution in [0.2, 0.25) is 0 Å². The van der Waals surface area contributed by atoms with E-state index >= 15 is 0 Å². The van der Waals surface area contributed by atoms with Crippen LogP contribution >= 0.6 is 15.9 Å². The van der Waals surface area contributed by atoms with Gasteiger partial charge < -0.3 is 15.8 Å². The number of halogens is 4. The van der Waals surface area contributed by atoms with E-state index in [2.05, 4.69) is 40.9 Å². The Kier molecular flexibility index (Phi) is 4.02. The van der Waals surface area contributed by atoms with E-state index in [9.17, 15) is 18.0 Å². The molecule has 0 saturated carbocycles. The highest BCUT2D eigenvalue weighted by Crippen LogP contribution is 2.33. The summed E-state index contributed by atoms with van der Waals surface area (Å²) in [6.45, 7) is 0. The van der Waals surface area contributed by atoms with Gasteiger partial charge >= 0.3 is 6.36 Å². The maximum Gasteiger partial charge on any atom is 0.573 e. The monoisotopic (exact) mass is 366 g/mol. The average Bonchev–Trinajstić information content (AvgIpc) is 2.77. The third kappa shape index (κ3) is 3.84. The van der Waals surface area contributed by atoms with E-state index in [0.717, 1.165) is 6.07 Å². The Hall–Kier alpha value is -2.30. The summed E-state index contributed by atoms with van der Waals surface area (Å²) < 4.78 is 45.4. The van der Waals surface area contributed by atoms with Crippen molar-refractivity contribution in [3.63, 3.8) is 0 Å².